The van der Waals surface area contributed by atoms with Crippen LogP contribution in [0.3, 0.4) is 0 Å². The van der Waals surface area contributed by atoms with Crippen molar-refractivity contribution in [2.45, 2.75) is 51.3 Å². The molecule has 1 atom stereocenters. The number of para-hydroxylation sites is 1. The van der Waals surface area contributed by atoms with Crippen LogP contribution in [-0.2, 0) is 11.4 Å². The van der Waals surface area contributed by atoms with Gasteiger partial charge in [-0.3, -0.25) is 4.79 Å². The van der Waals surface area contributed by atoms with Crippen molar-refractivity contribution in [2.75, 3.05) is 0 Å². The minimum atomic E-state index is -0.367. The highest BCUT2D eigenvalue weighted by Crippen LogP contribution is 2.18. The lowest BCUT2D eigenvalue weighted by Crippen LogP contribution is -2.37. The molecule has 1 fully saturated rings. The van der Waals surface area contributed by atoms with E-state index in [1.165, 1.54) is 12.8 Å². The van der Waals surface area contributed by atoms with Gasteiger partial charge < -0.3 is 10.1 Å². The first-order valence-corrected chi connectivity index (χ1v) is 8.11. The maximum Gasteiger partial charge on any atom is 0.244 e. The molecule has 0 radical (unpaired) electrons. The number of ether oxygens (including phenoxy) is 1. The van der Waals surface area contributed by atoms with Gasteiger partial charge in [-0.2, -0.15) is 0 Å². The van der Waals surface area contributed by atoms with Crippen molar-refractivity contribution in [1.82, 2.24) is 20.3 Å². The molecule has 0 saturated heterocycles. The van der Waals surface area contributed by atoms with Crippen LogP contribution in [0.25, 0.3) is 0 Å². The van der Waals surface area contributed by atoms with Crippen molar-refractivity contribution < 1.29 is 9.53 Å². The Bertz CT molecular complexity index is 635. The zero-order chi connectivity index (χ0) is 16.1. The normalized spacial score (nSPS) is 16.2. The molecule has 1 aromatic heterocycles. The molecular weight excluding hydrogens is 292 g/mol. The van der Waals surface area contributed by atoms with Gasteiger partial charge in [-0.05, 0) is 31.9 Å². The van der Waals surface area contributed by atoms with Crippen molar-refractivity contribution in [3.63, 3.8) is 0 Å². The second kappa shape index (κ2) is 7.26. The average Bonchev–Trinajstić information content (AvgIpc) is 3.25. The second-order valence-electron chi connectivity index (χ2n) is 5.96. The summed E-state index contributed by atoms with van der Waals surface area (Å²) in [5, 5.41) is 11.2. The van der Waals surface area contributed by atoms with Crippen LogP contribution in [0.4, 0.5) is 0 Å². The molecule has 0 spiro atoms. The van der Waals surface area contributed by atoms with Crippen molar-refractivity contribution in [1.29, 1.82) is 0 Å². The summed E-state index contributed by atoms with van der Waals surface area (Å²) in [5.74, 6) is 0.784. The molecule has 23 heavy (non-hydrogen) atoms. The first kappa shape index (κ1) is 15.5. The van der Waals surface area contributed by atoms with Crippen LogP contribution >= 0.6 is 0 Å². The Morgan fingerprint density at radius 3 is 2.83 bits per heavy atom. The lowest BCUT2D eigenvalue weighted by Gasteiger charge is -2.16. The number of aromatic nitrogens is 3. The number of hydrogen-bond donors (Lipinski definition) is 1. The highest BCUT2D eigenvalue weighted by molar-refractivity contribution is 5.80. The van der Waals surface area contributed by atoms with E-state index in [2.05, 4.69) is 15.6 Å². The van der Waals surface area contributed by atoms with Crippen LogP contribution in [0.1, 0.15) is 44.3 Å². The first-order chi connectivity index (χ1) is 11.2. The number of amides is 1. The maximum absolute atomic E-state index is 12.3. The van der Waals surface area contributed by atoms with E-state index in [1.807, 2.05) is 37.3 Å². The Hall–Kier alpha value is -2.37. The molecule has 1 heterocycles. The Kier molecular flexibility index (Phi) is 4.90. The molecule has 1 aromatic carbocycles. The fourth-order valence-electron chi connectivity index (χ4n) is 2.75. The highest BCUT2D eigenvalue weighted by atomic mass is 16.5. The zero-order valence-electron chi connectivity index (χ0n) is 13.3. The van der Waals surface area contributed by atoms with Crippen LogP contribution in [0.15, 0.2) is 36.5 Å². The summed E-state index contributed by atoms with van der Waals surface area (Å²) in [6, 6.07) is 9.50. The molecule has 1 aliphatic carbocycles. The topological polar surface area (TPSA) is 69.0 Å². The van der Waals surface area contributed by atoms with E-state index in [-0.39, 0.29) is 11.9 Å². The summed E-state index contributed by atoms with van der Waals surface area (Å²) < 4.78 is 7.23. The molecule has 6 heteroatoms. The summed E-state index contributed by atoms with van der Waals surface area (Å²) in [6.45, 7) is 2.17. The molecule has 2 aromatic rings. The number of benzene rings is 1. The number of nitrogens with one attached hydrogen (secondary N) is 1. The number of nitrogens with zero attached hydrogens (tertiary/aromatic N) is 3. The van der Waals surface area contributed by atoms with Crippen LogP contribution in [-0.4, -0.2) is 26.9 Å². The third-order valence-electron chi connectivity index (χ3n) is 4.17. The number of carbonyl (C=O) groups excluding carboxylic acids is 1. The van der Waals surface area contributed by atoms with E-state index in [1.54, 1.807) is 10.9 Å². The standard InChI is InChI=1S/C17H22N4O2/c1-13(17(22)18-14-7-5-6-8-14)21-11-15(19-20-21)12-23-16-9-3-2-4-10-16/h2-4,9-11,13-14H,5-8,12H2,1H3,(H,18,22)/t13-/m0/s1. The third kappa shape index (κ3) is 4.09. The van der Waals surface area contributed by atoms with E-state index in [4.69, 9.17) is 4.74 Å². The van der Waals surface area contributed by atoms with Gasteiger partial charge in [0.05, 0.1) is 6.20 Å². The second-order valence-corrected chi connectivity index (χ2v) is 5.96. The summed E-state index contributed by atoms with van der Waals surface area (Å²) in [6.07, 6.45) is 6.31. The molecule has 6 nitrogen and oxygen atoms in total. The average molecular weight is 314 g/mol. The van der Waals surface area contributed by atoms with E-state index >= 15 is 0 Å². The van der Waals surface area contributed by atoms with Crippen molar-refractivity contribution >= 4 is 5.91 Å². The molecule has 1 N–H and O–H groups in total. The smallest absolute Gasteiger partial charge is 0.244 e. The minimum Gasteiger partial charge on any atom is -0.487 e. The third-order valence-corrected chi connectivity index (χ3v) is 4.17. The lowest BCUT2D eigenvalue weighted by atomic mass is 10.2. The van der Waals surface area contributed by atoms with Gasteiger partial charge in [-0.1, -0.05) is 36.3 Å². The summed E-state index contributed by atoms with van der Waals surface area (Å²) in [4.78, 5) is 12.3. The zero-order valence-corrected chi connectivity index (χ0v) is 13.3. The minimum absolute atomic E-state index is 0.00247. The predicted octanol–water partition coefficient (Wildman–Crippen LogP) is 2.48. The molecule has 1 amide bonds. The molecule has 0 unspecified atom stereocenters. The van der Waals surface area contributed by atoms with E-state index < -0.39 is 0 Å². The summed E-state index contributed by atoms with van der Waals surface area (Å²) >= 11 is 0. The van der Waals surface area contributed by atoms with Gasteiger partial charge in [0.25, 0.3) is 0 Å². The van der Waals surface area contributed by atoms with Gasteiger partial charge in [0.2, 0.25) is 5.91 Å². The Morgan fingerprint density at radius 2 is 2.09 bits per heavy atom. The van der Waals surface area contributed by atoms with Crippen molar-refractivity contribution in [3.05, 3.63) is 42.2 Å². The van der Waals surface area contributed by atoms with Crippen LogP contribution < -0.4 is 10.1 Å². The van der Waals surface area contributed by atoms with Crippen molar-refractivity contribution in [2.24, 2.45) is 0 Å². The van der Waals surface area contributed by atoms with Crippen LogP contribution in [0.2, 0.25) is 0 Å². The van der Waals surface area contributed by atoms with Gasteiger partial charge in [0, 0.05) is 6.04 Å². The molecule has 1 saturated carbocycles. The van der Waals surface area contributed by atoms with E-state index in [9.17, 15) is 4.79 Å². The number of rotatable bonds is 6. The highest BCUT2D eigenvalue weighted by Gasteiger charge is 2.22. The van der Waals surface area contributed by atoms with Gasteiger partial charge >= 0.3 is 0 Å². The summed E-state index contributed by atoms with van der Waals surface area (Å²) in [5.41, 5.74) is 0.703. The Labute approximate surface area is 135 Å². The monoisotopic (exact) mass is 314 g/mol. The molecule has 0 aliphatic heterocycles. The van der Waals surface area contributed by atoms with Crippen LogP contribution in [0.5, 0.6) is 5.75 Å². The maximum atomic E-state index is 12.3. The lowest BCUT2D eigenvalue weighted by molar-refractivity contribution is -0.124. The first-order valence-electron chi connectivity index (χ1n) is 8.11. The molecule has 122 valence electrons. The van der Waals surface area contributed by atoms with E-state index in [0.29, 0.717) is 18.3 Å². The van der Waals surface area contributed by atoms with Gasteiger partial charge in [0.15, 0.2) is 0 Å². The Morgan fingerprint density at radius 1 is 1.35 bits per heavy atom. The van der Waals surface area contributed by atoms with Gasteiger partial charge in [0.1, 0.15) is 24.1 Å². The van der Waals surface area contributed by atoms with Gasteiger partial charge in [-0.15, -0.1) is 5.10 Å². The molecule has 0 bridgehead atoms. The molecule has 3 rings (SSSR count). The Balaban J connectivity index is 1.54. The van der Waals surface area contributed by atoms with Gasteiger partial charge in [-0.25, -0.2) is 4.68 Å². The predicted molar refractivity (Wildman–Crippen MR) is 85.9 cm³/mol. The van der Waals surface area contributed by atoms with Crippen molar-refractivity contribution in [3.8, 4) is 5.75 Å². The number of hydrogen-bond acceptors (Lipinski definition) is 4. The number of carbonyl (C=O) groups is 1. The fraction of sp³-hybridized carbons (Fsp3) is 0.471. The summed E-state index contributed by atoms with van der Waals surface area (Å²) in [7, 11) is 0. The van der Waals surface area contributed by atoms with Crippen LogP contribution in [0, 0.1) is 0 Å². The molecule has 1 aliphatic rings. The quantitative estimate of drug-likeness (QED) is 0.889. The largest absolute Gasteiger partial charge is 0.487 e. The van der Waals surface area contributed by atoms with E-state index in [0.717, 1.165) is 18.6 Å². The molecular formula is C17H22N4O2. The fourth-order valence-corrected chi connectivity index (χ4v) is 2.75. The SMILES string of the molecule is C[C@@H](C(=O)NC1CCCC1)n1cc(COc2ccccc2)nn1.